The Morgan fingerprint density at radius 3 is 2.48 bits per heavy atom. The third-order valence-corrected chi connectivity index (χ3v) is 5.57. The molecule has 0 bridgehead atoms. The van der Waals surface area contributed by atoms with E-state index in [2.05, 4.69) is 53.6 Å². The highest BCUT2D eigenvalue weighted by atomic mass is 16.5. The average Bonchev–Trinajstić information content (AvgIpc) is 3.13. The van der Waals surface area contributed by atoms with Gasteiger partial charge in [0.15, 0.2) is 5.96 Å². The Bertz CT molecular complexity index is 587. The molecule has 150 valence electrons. The molecule has 5 nitrogen and oxygen atoms in total. The van der Waals surface area contributed by atoms with Crippen LogP contribution < -0.4 is 10.6 Å². The van der Waals surface area contributed by atoms with Crippen LogP contribution in [0.5, 0.6) is 0 Å². The zero-order valence-electron chi connectivity index (χ0n) is 17.1. The van der Waals surface area contributed by atoms with Crippen molar-refractivity contribution >= 4 is 5.96 Å². The lowest BCUT2D eigenvalue weighted by atomic mass is 10.0. The summed E-state index contributed by atoms with van der Waals surface area (Å²) in [4.78, 5) is 7.31. The first-order chi connectivity index (χ1) is 13.2. The molecule has 1 aromatic rings. The predicted molar refractivity (Wildman–Crippen MR) is 112 cm³/mol. The maximum absolute atomic E-state index is 5.86. The van der Waals surface area contributed by atoms with Gasteiger partial charge in [-0.1, -0.05) is 30.7 Å². The van der Waals surface area contributed by atoms with Crippen LogP contribution in [0.15, 0.2) is 29.3 Å². The van der Waals surface area contributed by atoms with E-state index in [0.29, 0.717) is 6.54 Å². The molecule has 2 aliphatic rings. The molecule has 1 atom stereocenters. The van der Waals surface area contributed by atoms with Gasteiger partial charge in [0.1, 0.15) is 0 Å². The SMILES string of the molecule is CCNC(=NCc1ccc(CN2CCCCC2)cc1)NCC1(C)CCCO1. The lowest BCUT2D eigenvalue weighted by Crippen LogP contribution is -2.45. The van der Waals surface area contributed by atoms with Gasteiger partial charge in [0.2, 0.25) is 0 Å². The molecule has 2 aliphatic heterocycles. The van der Waals surface area contributed by atoms with Gasteiger partial charge in [-0.15, -0.1) is 0 Å². The molecular formula is C22H36N4O. The van der Waals surface area contributed by atoms with Crippen LogP contribution in [0.4, 0.5) is 0 Å². The minimum Gasteiger partial charge on any atom is -0.373 e. The van der Waals surface area contributed by atoms with E-state index in [9.17, 15) is 0 Å². The summed E-state index contributed by atoms with van der Waals surface area (Å²) in [6.07, 6.45) is 6.34. The largest absolute Gasteiger partial charge is 0.373 e. The number of benzene rings is 1. The van der Waals surface area contributed by atoms with Crippen LogP contribution in [0.3, 0.4) is 0 Å². The van der Waals surface area contributed by atoms with Crippen molar-refractivity contribution in [1.82, 2.24) is 15.5 Å². The second-order valence-corrected chi connectivity index (χ2v) is 8.10. The van der Waals surface area contributed by atoms with Crippen molar-refractivity contribution in [2.75, 3.05) is 32.8 Å². The first kappa shape index (κ1) is 20.2. The quantitative estimate of drug-likeness (QED) is 0.570. The van der Waals surface area contributed by atoms with Gasteiger partial charge in [0, 0.05) is 26.2 Å². The number of aliphatic imine (C=N–C) groups is 1. The number of rotatable bonds is 7. The Labute approximate surface area is 164 Å². The van der Waals surface area contributed by atoms with Gasteiger partial charge >= 0.3 is 0 Å². The zero-order valence-corrected chi connectivity index (χ0v) is 17.1. The Kier molecular flexibility index (Phi) is 7.53. The summed E-state index contributed by atoms with van der Waals surface area (Å²) < 4.78 is 5.86. The van der Waals surface area contributed by atoms with Crippen molar-refractivity contribution in [3.63, 3.8) is 0 Å². The third-order valence-electron chi connectivity index (χ3n) is 5.57. The van der Waals surface area contributed by atoms with E-state index in [-0.39, 0.29) is 5.60 Å². The molecular weight excluding hydrogens is 336 g/mol. The molecule has 2 heterocycles. The first-order valence-corrected chi connectivity index (χ1v) is 10.6. The highest BCUT2D eigenvalue weighted by Crippen LogP contribution is 2.23. The highest BCUT2D eigenvalue weighted by molar-refractivity contribution is 5.79. The van der Waals surface area contributed by atoms with E-state index in [0.717, 1.165) is 45.0 Å². The fraction of sp³-hybridized carbons (Fsp3) is 0.682. The molecule has 1 unspecified atom stereocenters. The standard InChI is InChI=1S/C22H36N4O/c1-3-23-21(25-18-22(2)12-7-15-27-22)24-16-19-8-10-20(11-9-19)17-26-13-5-4-6-14-26/h8-11H,3-7,12-18H2,1-2H3,(H2,23,24,25). The molecule has 0 saturated carbocycles. The number of hydrogen-bond donors (Lipinski definition) is 2. The van der Waals surface area contributed by atoms with Gasteiger partial charge in [-0.05, 0) is 63.7 Å². The van der Waals surface area contributed by atoms with Gasteiger partial charge in [-0.25, -0.2) is 4.99 Å². The van der Waals surface area contributed by atoms with Crippen LogP contribution in [0.25, 0.3) is 0 Å². The van der Waals surface area contributed by atoms with Crippen LogP contribution in [0.2, 0.25) is 0 Å². The minimum absolute atomic E-state index is 0.0632. The highest BCUT2D eigenvalue weighted by Gasteiger charge is 2.29. The molecule has 2 fully saturated rings. The summed E-state index contributed by atoms with van der Waals surface area (Å²) >= 11 is 0. The normalized spacial score (nSPS) is 24.1. The van der Waals surface area contributed by atoms with Gasteiger partial charge in [0.25, 0.3) is 0 Å². The molecule has 2 N–H and O–H groups in total. The Hall–Kier alpha value is -1.59. The van der Waals surface area contributed by atoms with E-state index in [1.807, 2.05) is 0 Å². The van der Waals surface area contributed by atoms with Crippen LogP contribution >= 0.6 is 0 Å². The van der Waals surface area contributed by atoms with E-state index in [1.165, 1.54) is 43.5 Å². The van der Waals surface area contributed by atoms with Crippen LogP contribution in [-0.4, -0.2) is 49.2 Å². The fourth-order valence-electron chi connectivity index (χ4n) is 3.88. The minimum atomic E-state index is -0.0632. The maximum Gasteiger partial charge on any atom is 0.191 e. The van der Waals surface area contributed by atoms with E-state index < -0.39 is 0 Å². The molecule has 0 aliphatic carbocycles. The van der Waals surface area contributed by atoms with E-state index in [1.54, 1.807) is 0 Å². The molecule has 5 heteroatoms. The Balaban J connectivity index is 1.50. The monoisotopic (exact) mass is 372 g/mol. The Morgan fingerprint density at radius 1 is 1.07 bits per heavy atom. The van der Waals surface area contributed by atoms with Crippen molar-refractivity contribution in [3.8, 4) is 0 Å². The topological polar surface area (TPSA) is 48.9 Å². The molecule has 0 aromatic heterocycles. The zero-order chi connectivity index (χ0) is 19.0. The van der Waals surface area contributed by atoms with Crippen LogP contribution in [0.1, 0.15) is 57.1 Å². The van der Waals surface area contributed by atoms with E-state index >= 15 is 0 Å². The first-order valence-electron chi connectivity index (χ1n) is 10.6. The van der Waals surface area contributed by atoms with Crippen molar-refractivity contribution in [1.29, 1.82) is 0 Å². The van der Waals surface area contributed by atoms with Crippen LogP contribution in [0, 0.1) is 0 Å². The second-order valence-electron chi connectivity index (χ2n) is 8.10. The molecule has 2 saturated heterocycles. The summed E-state index contributed by atoms with van der Waals surface area (Å²) in [5.41, 5.74) is 2.59. The van der Waals surface area contributed by atoms with Crippen LogP contribution in [-0.2, 0) is 17.8 Å². The number of ether oxygens (including phenoxy) is 1. The number of guanidine groups is 1. The van der Waals surface area contributed by atoms with Crippen molar-refractivity contribution in [3.05, 3.63) is 35.4 Å². The second kappa shape index (κ2) is 10.1. The van der Waals surface area contributed by atoms with Gasteiger partial charge in [-0.3, -0.25) is 4.90 Å². The van der Waals surface area contributed by atoms with Crippen molar-refractivity contribution < 1.29 is 4.74 Å². The lowest BCUT2D eigenvalue weighted by Gasteiger charge is -2.26. The molecule has 0 amide bonds. The molecule has 0 radical (unpaired) electrons. The summed E-state index contributed by atoms with van der Waals surface area (Å²) in [5, 5.41) is 6.78. The number of nitrogens with one attached hydrogen (secondary N) is 2. The van der Waals surface area contributed by atoms with Gasteiger partial charge in [-0.2, -0.15) is 0 Å². The third kappa shape index (κ3) is 6.51. The summed E-state index contributed by atoms with van der Waals surface area (Å²) in [5.74, 6) is 0.867. The summed E-state index contributed by atoms with van der Waals surface area (Å²) in [7, 11) is 0. The molecule has 0 spiro atoms. The number of piperidine rings is 1. The Morgan fingerprint density at radius 2 is 1.81 bits per heavy atom. The lowest BCUT2D eigenvalue weighted by molar-refractivity contribution is 0.0243. The van der Waals surface area contributed by atoms with Gasteiger partial charge in [0.05, 0.1) is 12.1 Å². The number of likely N-dealkylation sites (tertiary alicyclic amines) is 1. The molecule has 27 heavy (non-hydrogen) atoms. The number of hydrogen-bond acceptors (Lipinski definition) is 3. The molecule has 3 rings (SSSR count). The summed E-state index contributed by atoms with van der Waals surface area (Å²) in [6, 6.07) is 8.95. The molecule has 1 aromatic carbocycles. The maximum atomic E-state index is 5.86. The van der Waals surface area contributed by atoms with Crippen molar-refractivity contribution in [2.24, 2.45) is 4.99 Å². The summed E-state index contributed by atoms with van der Waals surface area (Å²) in [6.45, 7) is 11.1. The van der Waals surface area contributed by atoms with Gasteiger partial charge < -0.3 is 15.4 Å². The predicted octanol–water partition coefficient (Wildman–Crippen LogP) is 3.30. The van der Waals surface area contributed by atoms with Crippen molar-refractivity contribution in [2.45, 2.75) is 64.6 Å². The van der Waals surface area contributed by atoms with E-state index in [4.69, 9.17) is 9.73 Å². The average molecular weight is 373 g/mol. The fourth-order valence-corrected chi connectivity index (χ4v) is 3.88. The number of nitrogens with zero attached hydrogens (tertiary/aromatic N) is 2. The smallest absolute Gasteiger partial charge is 0.191 e.